The van der Waals surface area contributed by atoms with Crippen molar-refractivity contribution in [2.45, 2.75) is 49.9 Å². The van der Waals surface area contributed by atoms with Gasteiger partial charge in [-0.15, -0.1) is 0 Å². The molecule has 8 aromatic carbocycles. The Morgan fingerprint density at radius 3 is 2.20 bits per heavy atom. The predicted octanol–water partition coefficient (Wildman–Crippen LogP) is 10.1. The minimum absolute atomic E-state index is 0.121. The van der Waals surface area contributed by atoms with Crippen LogP contribution in [0, 0.1) is 5.41 Å². The average molecular weight is 571 g/mol. The first-order valence-corrected chi connectivity index (χ1v) is 16.9. The van der Waals surface area contributed by atoms with Crippen LogP contribution in [0.25, 0.3) is 76.3 Å². The van der Waals surface area contributed by atoms with Gasteiger partial charge >= 0.3 is 0 Å². The number of benzene rings is 7. The number of allylic oxidation sites excluding steroid dienone is 3. The summed E-state index contributed by atoms with van der Waals surface area (Å²) in [6, 6.07) is 24.0. The molecule has 14 rings (SSSR count). The predicted molar refractivity (Wildman–Crippen MR) is 184 cm³/mol. The van der Waals surface area contributed by atoms with Gasteiger partial charge in [-0.2, -0.15) is 0 Å². The molecule has 1 heteroatoms. The normalized spacial score (nSPS) is 26.8. The topological polar surface area (TPSA) is 17.1 Å². The molecule has 0 saturated heterocycles. The fourth-order valence-corrected chi connectivity index (χ4v) is 13.2. The van der Waals surface area contributed by atoms with Gasteiger partial charge in [0.15, 0.2) is 0 Å². The Balaban J connectivity index is 1.31. The van der Waals surface area contributed by atoms with Gasteiger partial charge in [0.1, 0.15) is 5.78 Å². The summed E-state index contributed by atoms with van der Waals surface area (Å²) in [6.45, 7) is 1.77. The Labute approximate surface area is 258 Å². The fourth-order valence-electron chi connectivity index (χ4n) is 13.2. The monoisotopic (exact) mass is 570 g/mol. The largest absolute Gasteiger partial charge is 0.300 e. The molecular weight excluding hydrogens is 544 g/mol. The number of hydrogen-bond donors (Lipinski definition) is 0. The molecule has 3 unspecified atom stereocenters. The number of carbonyl (C=O) groups is 1. The van der Waals surface area contributed by atoms with Gasteiger partial charge in [-0.05, 0) is 147 Å². The van der Waals surface area contributed by atoms with E-state index in [0.717, 1.165) is 25.7 Å². The Bertz CT molecular complexity index is 2920. The summed E-state index contributed by atoms with van der Waals surface area (Å²) >= 11 is 0. The standard InChI is InChI=1S/C44H26O/c1-20(45)6-5-12-43(28-7-3-2-4-8-28)42-13-11-23-16-26-17-24-14-21-9-10-22-15-25-18-27(19-42)34-33(25)36-30(22)29(21)35-31(24)32(26)38-39(37(35)36)41(34)44(42,43)40(23)38/h2-4,7-11,13-16,19H,5-6,12,17-18H2,1H3. The van der Waals surface area contributed by atoms with E-state index in [1.54, 1.807) is 72.3 Å². The highest BCUT2D eigenvalue weighted by Gasteiger charge is 2.89. The molecule has 1 saturated carbocycles. The lowest BCUT2D eigenvalue weighted by Gasteiger charge is -2.31. The second kappa shape index (κ2) is 6.07. The van der Waals surface area contributed by atoms with E-state index in [1.165, 1.54) is 49.4 Å². The molecule has 0 amide bonds. The molecule has 0 radical (unpaired) electrons. The molecule has 0 bridgehead atoms. The van der Waals surface area contributed by atoms with Crippen LogP contribution in [0.1, 0.15) is 70.7 Å². The van der Waals surface area contributed by atoms with Crippen LogP contribution in [-0.4, -0.2) is 5.78 Å². The van der Waals surface area contributed by atoms with Crippen LogP contribution in [0.2, 0.25) is 0 Å². The van der Waals surface area contributed by atoms with Crippen molar-refractivity contribution in [3.63, 3.8) is 0 Å². The van der Waals surface area contributed by atoms with Gasteiger partial charge in [-0.3, -0.25) is 0 Å². The molecule has 0 aliphatic heterocycles. The number of carbonyl (C=O) groups excluding carboxylic acids is 1. The van der Waals surface area contributed by atoms with Crippen LogP contribution >= 0.6 is 0 Å². The highest BCUT2D eigenvalue weighted by Crippen LogP contribution is 2.91. The van der Waals surface area contributed by atoms with Gasteiger partial charge in [0, 0.05) is 22.7 Å². The van der Waals surface area contributed by atoms with Gasteiger partial charge in [-0.25, -0.2) is 0 Å². The summed E-state index contributed by atoms with van der Waals surface area (Å²) in [5.74, 6) is 0.304. The lowest BCUT2D eigenvalue weighted by Crippen LogP contribution is -2.25. The second-order valence-electron chi connectivity index (χ2n) is 15.4. The third-order valence-corrected chi connectivity index (χ3v) is 14.0. The molecule has 0 N–H and O–H groups in total. The molecule has 1 spiro atoms. The number of hydrogen-bond acceptors (Lipinski definition) is 1. The maximum Gasteiger partial charge on any atom is 0.129 e. The molecule has 0 aromatic heterocycles. The van der Waals surface area contributed by atoms with E-state index in [4.69, 9.17) is 0 Å². The smallest absolute Gasteiger partial charge is 0.129 e. The maximum absolute atomic E-state index is 12.4. The Morgan fingerprint density at radius 2 is 1.40 bits per heavy atom. The lowest BCUT2D eigenvalue weighted by molar-refractivity contribution is -0.117. The second-order valence-corrected chi connectivity index (χ2v) is 15.4. The van der Waals surface area contributed by atoms with Crippen molar-refractivity contribution in [2.24, 2.45) is 5.41 Å². The molecule has 6 aliphatic rings. The Kier molecular flexibility index (Phi) is 2.95. The summed E-state index contributed by atoms with van der Waals surface area (Å²) in [6.07, 6.45) is 12.6. The van der Waals surface area contributed by atoms with Crippen molar-refractivity contribution in [3.05, 3.63) is 117 Å². The summed E-state index contributed by atoms with van der Waals surface area (Å²) in [4.78, 5) is 12.4. The van der Waals surface area contributed by atoms with Crippen molar-refractivity contribution < 1.29 is 4.79 Å². The van der Waals surface area contributed by atoms with Gasteiger partial charge in [0.05, 0.1) is 0 Å². The van der Waals surface area contributed by atoms with E-state index in [2.05, 4.69) is 78.9 Å². The highest BCUT2D eigenvalue weighted by molar-refractivity contribution is 6.52. The molecule has 45 heavy (non-hydrogen) atoms. The third-order valence-electron chi connectivity index (χ3n) is 14.0. The highest BCUT2D eigenvalue weighted by atomic mass is 16.1. The first kappa shape index (κ1) is 21.9. The minimum atomic E-state index is -0.138. The van der Waals surface area contributed by atoms with E-state index in [-0.39, 0.29) is 16.2 Å². The van der Waals surface area contributed by atoms with Gasteiger partial charge in [0.25, 0.3) is 0 Å². The first-order chi connectivity index (χ1) is 22.1. The van der Waals surface area contributed by atoms with Crippen molar-refractivity contribution >= 4 is 82.1 Å². The van der Waals surface area contributed by atoms with Crippen LogP contribution in [0.3, 0.4) is 0 Å². The maximum atomic E-state index is 12.4. The van der Waals surface area contributed by atoms with Gasteiger partial charge < -0.3 is 4.79 Å². The van der Waals surface area contributed by atoms with Gasteiger partial charge in [0.2, 0.25) is 0 Å². The Hall–Kier alpha value is -4.75. The molecule has 3 atom stereocenters. The van der Waals surface area contributed by atoms with Crippen molar-refractivity contribution in [3.8, 4) is 0 Å². The molecule has 0 heterocycles. The van der Waals surface area contributed by atoms with Crippen LogP contribution in [-0.2, 0) is 28.5 Å². The quantitative estimate of drug-likeness (QED) is 0.188. The van der Waals surface area contributed by atoms with Crippen molar-refractivity contribution in [1.82, 2.24) is 0 Å². The summed E-state index contributed by atoms with van der Waals surface area (Å²) in [5.41, 5.74) is 13.5. The summed E-state index contributed by atoms with van der Waals surface area (Å²) < 4.78 is 0. The van der Waals surface area contributed by atoms with E-state index < -0.39 is 0 Å². The molecule has 1 nitrogen and oxygen atoms in total. The molecular formula is C44H26O. The van der Waals surface area contributed by atoms with Gasteiger partial charge in [-0.1, -0.05) is 78.9 Å². The zero-order valence-electron chi connectivity index (χ0n) is 24.9. The lowest BCUT2D eigenvalue weighted by atomic mass is 9.70. The van der Waals surface area contributed by atoms with Crippen molar-refractivity contribution in [1.29, 1.82) is 0 Å². The number of Topliss-reactive ketones (excluding diaryl/α,β-unsaturated/α-hetero) is 1. The summed E-state index contributed by atoms with van der Waals surface area (Å²) in [5, 5.41) is 18.4. The zero-order valence-corrected chi connectivity index (χ0v) is 24.9. The van der Waals surface area contributed by atoms with E-state index in [0.29, 0.717) is 12.2 Å². The van der Waals surface area contributed by atoms with Crippen LogP contribution in [0.4, 0.5) is 0 Å². The Morgan fingerprint density at radius 1 is 0.711 bits per heavy atom. The molecule has 6 aliphatic carbocycles. The third kappa shape index (κ3) is 1.73. The molecule has 8 aromatic rings. The summed E-state index contributed by atoms with van der Waals surface area (Å²) in [7, 11) is 0. The molecule has 208 valence electrons. The van der Waals surface area contributed by atoms with Crippen LogP contribution < -0.4 is 0 Å². The first-order valence-electron chi connectivity index (χ1n) is 16.9. The number of rotatable bonds is 5. The minimum Gasteiger partial charge on any atom is -0.300 e. The number of ketones is 1. The van der Waals surface area contributed by atoms with E-state index in [9.17, 15) is 4.79 Å². The van der Waals surface area contributed by atoms with Crippen molar-refractivity contribution in [2.75, 3.05) is 0 Å². The zero-order chi connectivity index (χ0) is 28.9. The van der Waals surface area contributed by atoms with Crippen LogP contribution in [0.5, 0.6) is 0 Å². The average Bonchev–Trinajstić information content (AvgIpc) is 3.54. The van der Waals surface area contributed by atoms with E-state index in [1.807, 2.05) is 0 Å². The van der Waals surface area contributed by atoms with Crippen LogP contribution in [0.15, 0.2) is 72.8 Å². The fraction of sp³-hybridized carbons (Fsp3) is 0.205. The SMILES string of the molecule is CC(=O)CCCC1(c2ccccc2)C23C=Cc4cc5c6c7c4C21c1c2c4c(cc8ccc9cc(c6c6c9c8c4c6c17)C5)CC2=C3. The molecule has 1 fully saturated rings. The van der Waals surface area contributed by atoms with E-state index >= 15 is 0 Å².